The molecular formula is C16H26N4O4S. The number of hydrogen-bond donors (Lipinski definition) is 1. The van der Waals surface area contributed by atoms with E-state index in [0.29, 0.717) is 32.7 Å². The number of aromatic nitrogens is 2. The lowest BCUT2D eigenvalue weighted by Crippen LogP contribution is -2.53. The van der Waals surface area contributed by atoms with E-state index in [1.807, 2.05) is 6.92 Å². The largest absolute Gasteiger partial charge is 0.381 e. The number of piperidine rings is 1. The molecule has 0 saturated carbocycles. The minimum Gasteiger partial charge on any atom is -0.381 e. The molecule has 2 fully saturated rings. The SMILES string of the molecule is CCn1nccc1N1CCC[C@H](NS(=O)(=O)CC2CCOCC2)C1=O. The highest BCUT2D eigenvalue weighted by atomic mass is 32.2. The molecule has 2 aliphatic rings. The van der Waals surface area contributed by atoms with Crippen LogP contribution < -0.4 is 9.62 Å². The maximum Gasteiger partial charge on any atom is 0.246 e. The van der Waals surface area contributed by atoms with Gasteiger partial charge in [0.2, 0.25) is 15.9 Å². The van der Waals surface area contributed by atoms with Crippen LogP contribution in [0.3, 0.4) is 0 Å². The summed E-state index contributed by atoms with van der Waals surface area (Å²) in [6.45, 7) is 4.42. The Morgan fingerprint density at radius 3 is 2.80 bits per heavy atom. The lowest BCUT2D eigenvalue weighted by atomic mass is 10.0. The second-order valence-corrected chi connectivity index (χ2v) is 8.44. The van der Waals surface area contributed by atoms with Crippen molar-refractivity contribution in [2.75, 3.05) is 30.4 Å². The molecule has 1 N–H and O–H groups in total. The summed E-state index contributed by atoms with van der Waals surface area (Å²) < 4.78 is 34.6. The lowest BCUT2D eigenvalue weighted by molar-refractivity contribution is -0.121. The van der Waals surface area contributed by atoms with E-state index in [1.165, 1.54) is 0 Å². The van der Waals surface area contributed by atoms with Crippen LogP contribution in [0.15, 0.2) is 12.3 Å². The molecule has 1 amide bonds. The van der Waals surface area contributed by atoms with Gasteiger partial charge in [-0.25, -0.2) is 17.8 Å². The number of sulfonamides is 1. The van der Waals surface area contributed by atoms with Gasteiger partial charge in [-0.3, -0.25) is 9.69 Å². The first-order valence-corrected chi connectivity index (χ1v) is 10.6. The molecule has 0 unspecified atom stereocenters. The molecule has 0 radical (unpaired) electrons. The molecule has 3 heterocycles. The van der Waals surface area contributed by atoms with Crippen LogP contribution in [0.25, 0.3) is 0 Å². The van der Waals surface area contributed by atoms with Gasteiger partial charge in [0.25, 0.3) is 0 Å². The third-order valence-corrected chi connectivity index (χ3v) is 6.38. The van der Waals surface area contributed by atoms with Crippen LogP contribution in [0, 0.1) is 5.92 Å². The van der Waals surface area contributed by atoms with E-state index in [-0.39, 0.29) is 17.6 Å². The summed E-state index contributed by atoms with van der Waals surface area (Å²) in [6, 6.07) is 1.10. The van der Waals surface area contributed by atoms with Gasteiger partial charge in [-0.05, 0) is 38.5 Å². The van der Waals surface area contributed by atoms with Crippen LogP contribution in [0.2, 0.25) is 0 Å². The molecule has 0 spiro atoms. The second-order valence-electron chi connectivity index (χ2n) is 6.64. The van der Waals surface area contributed by atoms with Gasteiger partial charge in [0.15, 0.2) is 0 Å². The average molecular weight is 370 g/mol. The molecule has 1 atom stereocenters. The number of carbonyl (C=O) groups is 1. The predicted octanol–water partition coefficient (Wildman–Crippen LogP) is 0.744. The molecule has 2 aliphatic heterocycles. The van der Waals surface area contributed by atoms with E-state index in [2.05, 4.69) is 9.82 Å². The van der Waals surface area contributed by atoms with Gasteiger partial charge >= 0.3 is 0 Å². The third-order valence-electron chi connectivity index (χ3n) is 4.83. The van der Waals surface area contributed by atoms with Crippen LogP contribution in [-0.4, -0.2) is 55.7 Å². The average Bonchev–Trinajstić information content (AvgIpc) is 3.05. The molecule has 0 aromatic carbocycles. The predicted molar refractivity (Wildman–Crippen MR) is 93.7 cm³/mol. The first-order chi connectivity index (χ1) is 12.0. The quantitative estimate of drug-likeness (QED) is 0.797. The van der Waals surface area contributed by atoms with Gasteiger partial charge in [0.05, 0.1) is 11.9 Å². The van der Waals surface area contributed by atoms with E-state index >= 15 is 0 Å². The summed E-state index contributed by atoms with van der Waals surface area (Å²) in [5, 5.41) is 4.19. The Balaban J connectivity index is 1.66. The van der Waals surface area contributed by atoms with Crippen molar-refractivity contribution in [2.45, 2.75) is 45.2 Å². The molecule has 1 aromatic rings. The van der Waals surface area contributed by atoms with Gasteiger partial charge < -0.3 is 4.74 Å². The number of hydrogen-bond acceptors (Lipinski definition) is 5. The molecule has 3 rings (SSSR count). The van der Waals surface area contributed by atoms with Crippen molar-refractivity contribution in [3.63, 3.8) is 0 Å². The van der Waals surface area contributed by atoms with Crippen molar-refractivity contribution < 1.29 is 17.9 Å². The Labute approximate surface area is 148 Å². The van der Waals surface area contributed by atoms with Crippen molar-refractivity contribution in [2.24, 2.45) is 5.92 Å². The zero-order valence-electron chi connectivity index (χ0n) is 14.6. The van der Waals surface area contributed by atoms with E-state index in [4.69, 9.17) is 4.74 Å². The maximum absolute atomic E-state index is 12.8. The monoisotopic (exact) mass is 370 g/mol. The highest BCUT2D eigenvalue weighted by molar-refractivity contribution is 7.89. The normalized spacial score (nSPS) is 23.2. The smallest absolute Gasteiger partial charge is 0.246 e. The number of rotatable bonds is 6. The zero-order valence-corrected chi connectivity index (χ0v) is 15.4. The van der Waals surface area contributed by atoms with Gasteiger partial charge in [0, 0.05) is 32.4 Å². The Hall–Kier alpha value is -1.45. The van der Waals surface area contributed by atoms with Crippen LogP contribution in [-0.2, 0) is 26.1 Å². The number of amides is 1. The zero-order chi connectivity index (χ0) is 17.9. The fraction of sp³-hybridized carbons (Fsp3) is 0.750. The highest BCUT2D eigenvalue weighted by Gasteiger charge is 2.34. The number of anilines is 1. The molecular weight excluding hydrogens is 344 g/mol. The summed E-state index contributed by atoms with van der Waals surface area (Å²) in [7, 11) is -3.50. The minimum atomic E-state index is -3.50. The fourth-order valence-electron chi connectivity index (χ4n) is 3.50. The van der Waals surface area contributed by atoms with Gasteiger partial charge in [-0.1, -0.05) is 0 Å². The number of ether oxygens (including phenoxy) is 1. The molecule has 9 heteroatoms. The number of carbonyl (C=O) groups excluding carboxylic acids is 1. The fourth-order valence-corrected chi connectivity index (χ4v) is 5.20. The molecule has 25 heavy (non-hydrogen) atoms. The third kappa shape index (κ3) is 4.39. The molecule has 0 aliphatic carbocycles. The molecule has 1 aromatic heterocycles. The Kier molecular flexibility index (Phi) is 5.75. The van der Waals surface area contributed by atoms with E-state index < -0.39 is 16.1 Å². The van der Waals surface area contributed by atoms with E-state index in [1.54, 1.807) is 21.8 Å². The molecule has 2 saturated heterocycles. The van der Waals surface area contributed by atoms with Crippen LogP contribution >= 0.6 is 0 Å². The molecule has 8 nitrogen and oxygen atoms in total. The van der Waals surface area contributed by atoms with Crippen LogP contribution in [0.5, 0.6) is 0 Å². The molecule has 140 valence electrons. The van der Waals surface area contributed by atoms with E-state index in [0.717, 1.165) is 25.1 Å². The van der Waals surface area contributed by atoms with Crippen molar-refractivity contribution in [3.8, 4) is 0 Å². The van der Waals surface area contributed by atoms with Crippen molar-refractivity contribution in [1.29, 1.82) is 0 Å². The number of nitrogens with zero attached hydrogens (tertiary/aromatic N) is 3. The summed E-state index contributed by atoms with van der Waals surface area (Å²) in [4.78, 5) is 14.4. The highest BCUT2D eigenvalue weighted by Crippen LogP contribution is 2.22. The Bertz CT molecular complexity index is 697. The van der Waals surface area contributed by atoms with Gasteiger partial charge in [-0.2, -0.15) is 5.10 Å². The van der Waals surface area contributed by atoms with Crippen molar-refractivity contribution >= 4 is 21.7 Å². The molecule has 0 bridgehead atoms. The van der Waals surface area contributed by atoms with Crippen LogP contribution in [0.1, 0.15) is 32.6 Å². The maximum atomic E-state index is 12.8. The topological polar surface area (TPSA) is 93.5 Å². The summed E-state index contributed by atoms with van der Waals surface area (Å²) in [5.41, 5.74) is 0. The summed E-state index contributed by atoms with van der Waals surface area (Å²) >= 11 is 0. The number of nitrogens with one attached hydrogen (secondary N) is 1. The second kappa shape index (κ2) is 7.84. The van der Waals surface area contributed by atoms with Crippen molar-refractivity contribution in [1.82, 2.24) is 14.5 Å². The standard InChI is InChI=1S/C16H26N4O4S/c1-2-20-15(5-8-17-20)19-9-3-4-14(16(19)21)18-25(22,23)12-13-6-10-24-11-7-13/h5,8,13-14,18H,2-4,6-7,9-12H2,1H3/t14-/m0/s1. The number of aryl methyl sites for hydroxylation is 1. The Morgan fingerprint density at radius 1 is 1.32 bits per heavy atom. The minimum absolute atomic E-state index is 0.0625. The van der Waals surface area contributed by atoms with E-state index in [9.17, 15) is 13.2 Å². The Morgan fingerprint density at radius 2 is 2.08 bits per heavy atom. The van der Waals surface area contributed by atoms with Gasteiger partial charge in [-0.15, -0.1) is 0 Å². The first-order valence-electron chi connectivity index (χ1n) is 8.91. The summed E-state index contributed by atoms with van der Waals surface area (Å²) in [6.07, 6.45) is 4.45. The van der Waals surface area contributed by atoms with Gasteiger partial charge in [0.1, 0.15) is 11.9 Å². The van der Waals surface area contributed by atoms with Crippen LogP contribution in [0.4, 0.5) is 5.82 Å². The van der Waals surface area contributed by atoms with Crippen molar-refractivity contribution in [3.05, 3.63) is 12.3 Å². The summed E-state index contributed by atoms with van der Waals surface area (Å²) in [5.74, 6) is 0.688. The lowest BCUT2D eigenvalue weighted by Gasteiger charge is -2.32. The first kappa shape index (κ1) is 18.3.